The number of piperazine rings is 1. The number of carbonyl (C=O) groups is 3. The summed E-state index contributed by atoms with van der Waals surface area (Å²) in [6.45, 7) is 3.09. The number of aliphatic carboxylic acids is 1. The molecule has 1 heterocycles. The molecule has 0 aromatic heterocycles. The lowest BCUT2D eigenvalue weighted by Gasteiger charge is -2.27. The molecule has 0 bridgehead atoms. The van der Waals surface area contributed by atoms with Gasteiger partial charge in [0.25, 0.3) is 0 Å². The van der Waals surface area contributed by atoms with Gasteiger partial charge in [-0.1, -0.05) is 0 Å². The number of hydrogen-bond acceptors (Lipinski definition) is 5. The van der Waals surface area contributed by atoms with Crippen molar-refractivity contribution in [1.82, 2.24) is 20.9 Å². The lowest BCUT2D eigenvalue weighted by atomic mass is 10.1. The molecule has 0 aromatic rings. The molecule has 0 saturated carbocycles. The van der Waals surface area contributed by atoms with Crippen LogP contribution in [-0.2, 0) is 9.59 Å². The fraction of sp³-hybridized carbons (Fsp3) is 0.727. The molecule has 20 heavy (non-hydrogen) atoms. The van der Waals surface area contributed by atoms with Gasteiger partial charge in [0.05, 0.1) is 13.1 Å². The van der Waals surface area contributed by atoms with Gasteiger partial charge in [0.1, 0.15) is 0 Å². The summed E-state index contributed by atoms with van der Waals surface area (Å²) < 4.78 is 0. The Morgan fingerprint density at radius 2 is 1.85 bits per heavy atom. The summed E-state index contributed by atoms with van der Waals surface area (Å²) in [5, 5.41) is 25.7. The number of carboxylic acids is 1. The summed E-state index contributed by atoms with van der Waals surface area (Å²) >= 11 is 0. The Kier molecular flexibility index (Phi) is 5.71. The van der Waals surface area contributed by atoms with Crippen molar-refractivity contribution >= 4 is 17.9 Å². The molecule has 9 heteroatoms. The summed E-state index contributed by atoms with van der Waals surface area (Å²) in [5.41, 5.74) is -2.04. The topological polar surface area (TPSA) is 131 Å². The Morgan fingerprint density at radius 3 is 2.40 bits per heavy atom. The fourth-order valence-corrected chi connectivity index (χ4v) is 1.57. The van der Waals surface area contributed by atoms with Crippen molar-refractivity contribution in [3.63, 3.8) is 0 Å². The largest absolute Gasteiger partial charge is 0.479 e. The number of urea groups is 1. The van der Waals surface area contributed by atoms with E-state index in [9.17, 15) is 19.5 Å². The number of carboxylic acid groups (broad SMARTS) is 1. The number of hydrogen-bond donors (Lipinski definition) is 5. The van der Waals surface area contributed by atoms with E-state index in [-0.39, 0.29) is 12.5 Å². The first-order valence-electron chi connectivity index (χ1n) is 6.29. The van der Waals surface area contributed by atoms with E-state index in [1.165, 1.54) is 0 Å². The van der Waals surface area contributed by atoms with Crippen LogP contribution >= 0.6 is 0 Å². The molecule has 1 rings (SSSR count). The molecule has 1 aliphatic heterocycles. The zero-order valence-electron chi connectivity index (χ0n) is 11.3. The third kappa shape index (κ3) is 5.02. The third-order valence-corrected chi connectivity index (χ3v) is 2.92. The van der Waals surface area contributed by atoms with Crippen LogP contribution in [0.3, 0.4) is 0 Å². The van der Waals surface area contributed by atoms with E-state index in [4.69, 9.17) is 5.11 Å². The third-order valence-electron chi connectivity index (χ3n) is 2.92. The van der Waals surface area contributed by atoms with Gasteiger partial charge in [0.2, 0.25) is 5.91 Å². The number of nitrogens with zero attached hydrogens (tertiary/aromatic N) is 1. The normalized spacial score (nSPS) is 18.0. The van der Waals surface area contributed by atoms with E-state index < -0.39 is 24.1 Å². The van der Waals surface area contributed by atoms with Gasteiger partial charge in [-0.25, -0.2) is 9.59 Å². The van der Waals surface area contributed by atoms with Crippen molar-refractivity contribution in [1.29, 1.82) is 0 Å². The van der Waals surface area contributed by atoms with Crippen LogP contribution in [0.5, 0.6) is 0 Å². The highest BCUT2D eigenvalue weighted by Crippen LogP contribution is 2.00. The first-order chi connectivity index (χ1) is 9.33. The lowest BCUT2D eigenvalue weighted by molar-refractivity contribution is -0.155. The first-order valence-corrected chi connectivity index (χ1v) is 6.29. The average Bonchev–Trinajstić information content (AvgIpc) is 2.43. The SMILES string of the molecule is CC(O)(CNC(=O)NCC(=O)N1CCNCC1)C(=O)O. The van der Waals surface area contributed by atoms with Crippen molar-refractivity contribution in [2.24, 2.45) is 0 Å². The van der Waals surface area contributed by atoms with E-state index in [1.807, 2.05) is 0 Å². The molecule has 1 fully saturated rings. The second kappa shape index (κ2) is 7.06. The second-order valence-corrected chi connectivity index (χ2v) is 4.75. The highest BCUT2D eigenvalue weighted by molar-refractivity contribution is 5.84. The van der Waals surface area contributed by atoms with Gasteiger partial charge >= 0.3 is 12.0 Å². The predicted molar refractivity (Wildman–Crippen MR) is 69.1 cm³/mol. The van der Waals surface area contributed by atoms with Gasteiger partial charge in [-0.3, -0.25) is 4.79 Å². The van der Waals surface area contributed by atoms with E-state index in [0.29, 0.717) is 13.1 Å². The maximum atomic E-state index is 11.7. The van der Waals surface area contributed by atoms with E-state index in [2.05, 4.69) is 16.0 Å². The first kappa shape index (κ1) is 16.2. The predicted octanol–water partition coefficient (Wildman–Crippen LogP) is -2.45. The molecule has 0 aliphatic carbocycles. The Morgan fingerprint density at radius 1 is 1.25 bits per heavy atom. The minimum absolute atomic E-state index is 0.166. The van der Waals surface area contributed by atoms with E-state index in [1.54, 1.807) is 4.90 Å². The van der Waals surface area contributed by atoms with Crippen LogP contribution in [0.15, 0.2) is 0 Å². The zero-order chi connectivity index (χ0) is 15.2. The van der Waals surface area contributed by atoms with Gasteiger partial charge < -0.3 is 31.1 Å². The fourth-order valence-electron chi connectivity index (χ4n) is 1.57. The maximum absolute atomic E-state index is 11.7. The highest BCUT2D eigenvalue weighted by atomic mass is 16.4. The molecule has 114 valence electrons. The van der Waals surface area contributed by atoms with Crippen molar-refractivity contribution in [3.8, 4) is 0 Å². The summed E-state index contributed by atoms with van der Waals surface area (Å²) in [6, 6.07) is -0.699. The Balaban J connectivity index is 2.25. The minimum Gasteiger partial charge on any atom is -0.479 e. The van der Waals surface area contributed by atoms with Crippen molar-refractivity contribution in [3.05, 3.63) is 0 Å². The summed E-state index contributed by atoms with van der Waals surface area (Å²) in [4.78, 5) is 35.4. The standard InChI is InChI=1S/C11H20N4O5/c1-11(20,9(17)18)7-14-10(19)13-6-8(16)15-4-2-12-3-5-15/h12,20H,2-7H2,1H3,(H,17,18)(H2,13,14,19). The van der Waals surface area contributed by atoms with Crippen molar-refractivity contribution in [2.45, 2.75) is 12.5 Å². The molecule has 1 saturated heterocycles. The van der Waals surface area contributed by atoms with E-state index in [0.717, 1.165) is 20.0 Å². The molecule has 0 spiro atoms. The van der Waals surface area contributed by atoms with E-state index >= 15 is 0 Å². The van der Waals surface area contributed by atoms with Crippen molar-refractivity contribution in [2.75, 3.05) is 39.3 Å². The molecule has 0 aromatic carbocycles. The van der Waals surface area contributed by atoms with Crippen LogP contribution in [-0.4, -0.2) is 77.9 Å². The molecule has 3 amide bonds. The number of carbonyl (C=O) groups excluding carboxylic acids is 2. The van der Waals surface area contributed by atoms with Gasteiger partial charge in [0, 0.05) is 26.2 Å². The second-order valence-electron chi connectivity index (χ2n) is 4.75. The monoisotopic (exact) mass is 288 g/mol. The van der Waals surface area contributed by atoms with Gasteiger partial charge in [-0.05, 0) is 6.92 Å². The summed E-state index contributed by atoms with van der Waals surface area (Å²) in [6.07, 6.45) is 0. The molecule has 1 aliphatic rings. The van der Waals surface area contributed by atoms with Crippen LogP contribution in [0, 0.1) is 0 Å². The van der Waals surface area contributed by atoms with Crippen LogP contribution < -0.4 is 16.0 Å². The smallest absolute Gasteiger partial charge is 0.337 e. The molecular weight excluding hydrogens is 268 g/mol. The van der Waals surface area contributed by atoms with Crippen LogP contribution in [0.2, 0.25) is 0 Å². The molecule has 1 atom stereocenters. The molecular formula is C11H20N4O5. The lowest BCUT2D eigenvalue weighted by Crippen LogP contribution is -2.52. The molecule has 9 nitrogen and oxygen atoms in total. The van der Waals surface area contributed by atoms with Gasteiger partial charge in [-0.2, -0.15) is 0 Å². The molecule has 1 unspecified atom stereocenters. The zero-order valence-corrected chi connectivity index (χ0v) is 11.3. The van der Waals surface area contributed by atoms with Crippen LogP contribution in [0.1, 0.15) is 6.92 Å². The van der Waals surface area contributed by atoms with Gasteiger partial charge in [-0.15, -0.1) is 0 Å². The number of rotatable bonds is 5. The summed E-state index contributed by atoms with van der Waals surface area (Å²) in [7, 11) is 0. The van der Waals surface area contributed by atoms with Crippen molar-refractivity contribution < 1.29 is 24.6 Å². The van der Waals surface area contributed by atoms with Gasteiger partial charge in [0.15, 0.2) is 5.60 Å². The number of nitrogens with one attached hydrogen (secondary N) is 3. The number of amides is 3. The minimum atomic E-state index is -2.04. The average molecular weight is 288 g/mol. The van der Waals surface area contributed by atoms with Crippen LogP contribution in [0.25, 0.3) is 0 Å². The Bertz CT molecular complexity index is 379. The molecule has 5 N–H and O–H groups in total. The number of aliphatic hydroxyl groups is 1. The highest BCUT2D eigenvalue weighted by Gasteiger charge is 2.30. The van der Waals surface area contributed by atoms with Crippen LogP contribution in [0.4, 0.5) is 4.79 Å². The Hall–Kier alpha value is -1.87. The maximum Gasteiger partial charge on any atom is 0.337 e. The quantitative estimate of drug-likeness (QED) is 0.382. The summed E-state index contributed by atoms with van der Waals surface area (Å²) in [5.74, 6) is -1.64. The Labute approximate surface area is 116 Å². The molecule has 0 radical (unpaired) electrons.